The Hall–Kier alpha value is -1.73. The Kier molecular flexibility index (Phi) is 4.62. The SMILES string of the molecule is COc1cc(CCCCN)cc(C#N)c1O. The van der Waals surface area contributed by atoms with Gasteiger partial charge in [0.15, 0.2) is 11.5 Å². The Morgan fingerprint density at radius 1 is 1.44 bits per heavy atom. The molecular weight excluding hydrogens is 204 g/mol. The number of benzene rings is 1. The van der Waals surface area contributed by atoms with E-state index in [4.69, 9.17) is 15.7 Å². The minimum atomic E-state index is -0.0902. The third-order valence-corrected chi connectivity index (χ3v) is 2.39. The summed E-state index contributed by atoms with van der Waals surface area (Å²) in [6.07, 6.45) is 2.75. The number of rotatable bonds is 5. The summed E-state index contributed by atoms with van der Waals surface area (Å²) in [6.45, 7) is 0.667. The van der Waals surface area contributed by atoms with Crippen LogP contribution in [0.1, 0.15) is 24.0 Å². The largest absolute Gasteiger partial charge is 0.503 e. The second-order valence-electron chi connectivity index (χ2n) is 3.55. The molecule has 0 radical (unpaired) electrons. The van der Waals surface area contributed by atoms with Gasteiger partial charge in [0.25, 0.3) is 0 Å². The van der Waals surface area contributed by atoms with Crippen LogP contribution in [0.25, 0.3) is 0 Å². The molecule has 0 unspecified atom stereocenters. The first-order valence-electron chi connectivity index (χ1n) is 5.23. The van der Waals surface area contributed by atoms with Gasteiger partial charge in [0.1, 0.15) is 6.07 Å². The third-order valence-electron chi connectivity index (χ3n) is 2.39. The molecule has 0 amide bonds. The number of hydrogen-bond donors (Lipinski definition) is 2. The normalized spacial score (nSPS) is 9.81. The summed E-state index contributed by atoms with van der Waals surface area (Å²) in [7, 11) is 1.47. The molecule has 0 atom stereocenters. The van der Waals surface area contributed by atoms with Gasteiger partial charge in [0.2, 0.25) is 0 Å². The Balaban J connectivity index is 2.90. The molecule has 0 aliphatic carbocycles. The molecule has 0 aromatic heterocycles. The van der Waals surface area contributed by atoms with Crippen molar-refractivity contribution in [2.24, 2.45) is 5.73 Å². The molecule has 4 heteroatoms. The van der Waals surface area contributed by atoms with Crippen molar-refractivity contribution in [2.45, 2.75) is 19.3 Å². The predicted molar refractivity (Wildman–Crippen MR) is 61.4 cm³/mol. The monoisotopic (exact) mass is 220 g/mol. The summed E-state index contributed by atoms with van der Waals surface area (Å²) in [5.74, 6) is 0.259. The van der Waals surface area contributed by atoms with Gasteiger partial charge in [-0.3, -0.25) is 0 Å². The highest BCUT2D eigenvalue weighted by atomic mass is 16.5. The third kappa shape index (κ3) is 2.88. The van der Waals surface area contributed by atoms with Crippen molar-refractivity contribution in [2.75, 3.05) is 13.7 Å². The predicted octanol–water partition coefficient (Wildman–Crippen LogP) is 1.55. The van der Waals surface area contributed by atoms with Crippen molar-refractivity contribution in [3.63, 3.8) is 0 Å². The maximum absolute atomic E-state index is 9.62. The zero-order valence-electron chi connectivity index (χ0n) is 9.36. The summed E-state index contributed by atoms with van der Waals surface area (Å²) in [4.78, 5) is 0. The summed E-state index contributed by atoms with van der Waals surface area (Å²) in [6, 6.07) is 5.39. The van der Waals surface area contributed by atoms with Crippen LogP contribution in [0.4, 0.5) is 0 Å². The molecule has 0 aliphatic rings. The van der Waals surface area contributed by atoms with Crippen LogP contribution in [-0.2, 0) is 6.42 Å². The van der Waals surface area contributed by atoms with Crippen molar-refractivity contribution in [3.05, 3.63) is 23.3 Å². The average Bonchev–Trinajstić information content (AvgIpc) is 2.31. The molecule has 0 bridgehead atoms. The first-order valence-corrected chi connectivity index (χ1v) is 5.23. The fourth-order valence-corrected chi connectivity index (χ4v) is 1.52. The smallest absolute Gasteiger partial charge is 0.175 e. The van der Waals surface area contributed by atoms with Gasteiger partial charge in [-0.15, -0.1) is 0 Å². The Bertz CT molecular complexity index is 397. The molecule has 0 saturated carbocycles. The molecule has 1 aromatic carbocycles. The lowest BCUT2D eigenvalue weighted by atomic mass is 10.0. The molecule has 1 rings (SSSR count). The van der Waals surface area contributed by atoms with Crippen LogP contribution >= 0.6 is 0 Å². The van der Waals surface area contributed by atoms with E-state index in [0.29, 0.717) is 12.3 Å². The molecule has 16 heavy (non-hydrogen) atoms. The zero-order chi connectivity index (χ0) is 12.0. The van der Waals surface area contributed by atoms with Gasteiger partial charge in [-0.1, -0.05) is 0 Å². The van der Waals surface area contributed by atoms with Gasteiger partial charge in [-0.25, -0.2) is 0 Å². The fourth-order valence-electron chi connectivity index (χ4n) is 1.52. The van der Waals surface area contributed by atoms with Crippen LogP contribution in [0.15, 0.2) is 12.1 Å². The minimum Gasteiger partial charge on any atom is -0.503 e. The van der Waals surface area contributed by atoms with Gasteiger partial charge >= 0.3 is 0 Å². The fraction of sp³-hybridized carbons (Fsp3) is 0.417. The first kappa shape index (κ1) is 12.3. The molecule has 4 nitrogen and oxygen atoms in total. The van der Waals surface area contributed by atoms with Crippen molar-refractivity contribution in [1.82, 2.24) is 0 Å². The van der Waals surface area contributed by atoms with Gasteiger partial charge in [0.05, 0.1) is 12.7 Å². The zero-order valence-corrected chi connectivity index (χ0v) is 9.36. The summed E-state index contributed by atoms with van der Waals surface area (Å²) < 4.78 is 5.01. The molecule has 0 fully saturated rings. The second kappa shape index (κ2) is 5.99. The van der Waals surface area contributed by atoms with Crippen LogP contribution in [-0.4, -0.2) is 18.8 Å². The van der Waals surface area contributed by atoms with Crippen molar-refractivity contribution >= 4 is 0 Å². The lowest BCUT2D eigenvalue weighted by Crippen LogP contribution is -1.99. The number of methoxy groups -OCH3 is 1. The molecular formula is C12H16N2O2. The summed E-state index contributed by atoms with van der Waals surface area (Å²) in [5.41, 5.74) is 6.65. The molecule has 0 spiro atoms. The van der Waals surface area contributed by atoms with E-state index in [1.807, 2.05) is 6.07 Å². The highest BCUT2D eigenvalue weighted by Crippen LogP contribution is 2.31. The lowest BCUT2D eigenvalue weighted by molar-refractivity contribution is 0.372. The number of aromatic hydroxyl groups is 1. The molecule has 86 valence electrons. The topological polar surface area (TPSA) is 79.3 Å². The number of nitriles is 1. The van der Waals surface area contributed by atoms with E-state index >= 15 is 0 Å². The van der Waals surface area contributed by atoms with E-state index in [1.54, 1.807) is 12.1 Å². The van der Waals surface area contributed by atoms with Crippen LogP contribution in [0.3, 0.4) is 0 Å². The van der Waals surface area contributed by atoms with E-state index in [-0.39, 0.29) is 11.3 Å². The minimum absolute atomic E-state index is 0.0902. The summed E-state index contributed by atoms with van der Waals surface area (Å²) in [5, 5.41) is 18.5. The number of nitrogens with zero attached hydrogens (tertiary/aromatic N) is 1. The van der Waals surface area contributed by atoms with Crippen LogP contribution in [0.2, 0.25) is 0 Å². The Morgan fingerprint density at radius 2 is 2.19 bits per heavy atom. The van der Waals surface area contributed by atoms with Crippen molar-refractivity contribution < 1.29 is 9.84 Å². The van der Waals surface area contributed by atoms with Gasteiger partial charge in [-0.2, -0.15) is 5.26 Å². The highest BCUT2D eigenvalue weighted by molar-refractivity contribution is 5.53. The number of phenols is 1. The number of aryl methyl sites for hydroxylation is 1. The van der Waals surface area contributed by atoms with E-state index in [1.165, 1.54) is 7.11 Å². The number of phenolic OH excluding ortho intramolecular Hbond substituents is 1. The molecule has 3 N–H and O–H groups in total. The maximum Gasteiger partial charge on any atom is 0.175 e. The van der Waals surface area contributed by atoms with Crippen LogP contribution in [0.5, 0.6) is 11.5 Å². The van der Waals surface area contributed by atoms with E-state index < -0.39 is 0 Å². The van der Waals surface area contributed by atoms with E-state index in [0.717, 1.165) is 24.8 Å². The van der Waals surface area contributed by atoms with E-state index in [9.17, 15) is 5.11 Å². The standard InChI is InChI=1S/C12H16N2O2/c1-16-11-7-9(4-2-3-5-13)6-10(8-14)12(11)15/h6-7,15H,2-5,13H2,1H3. The number of hydrogen-bond acceptors (Lipinski definition) is 4. The van der Waals surface area contributed by atoms with E-state index in [2.05, 4.69) is 0 Å². The summed E-state index contributed by atoms with van der Waals surface area (Å²) >= 11 is 0. The Morgan fingerprint density at radius 3 is 2.75 bits per heavy atom. The van der Waals surface area contributed by atoms with Crippen molar-refractivity contribution in [3.8, 4) is 17.6 Å². The number of nitrogens with two attached hydrogens (primary N) is 1. The Labute approximate surface area is 95.3 Å². The molecule has 0 heterocycles. The van der Waals surface area contributed by atoms with Crippen LogP contribution in [0, 0.1) is 11.3 Å². The quantitative estimate of drug-likeness (QED) is 0.738. The first-order chi connectivity index (χ1) is 7.72. The second-order valence-corrected chi connectivity index (χ2v) is 3.55. The highest BCUT2D eigenvalue weighted by Gasteiger charge is 2.09. The molecule has 0 saturated heterocycles. The molecule has 0 aliphatic heterocycles. The average molecular weight is 220 g/mol. The van der Waals surface area contributed by atoms with Gasteiger partial charge in [0, 0.05) is 0 Å². The molecule has 1 aromatic rings. The van der Waals surface area contributed by atoms with Crippen molar-refractivity contribution in [1.29, 1.82) is 5.26 Å². The van der Waals surface area contributed by atoms with Gasteiger partial charge < -0.3 is 15.6 Å². The number of unbranched alkanes of at least 4 members (excludes halogenated alkanes) is 1. The maximum atomic E-state index is 9.62. The van der Waals surface area contributed by atoms with Gasteiger partial charge in [-0.05, 0) is 43.5 Å². The van der Waals surface area contributed by atoms with Crippen LogP contribution < -0.4 is 10.5 Å². The lowest BCUT2D eigenvalue weighted by Gasteiger charge is -2.08. The number of ether oxygens (including phenoxy) is 1.